The van der Waals surface area contributed by atoms with Crippen LogP contribution in [0.1, 0.15) is 83.1 Å². The quantitative estimate of drug-likeness (QED) is 0.227. The summed E-state index contributed by atoms with van der Waals surface area (Å²) in [6, 6.07) is 3.50. The number of carbonyl (C=O) groups excluding carboxylic acids is 2. The number of hydrogen-bond donors (Lipinski definition) is 1. The monoisotopic (exact) mass is 614 g/mol. The summed E-state index contributed by atoms with van der Waals surface area (Å²) in [5.41, 5.74) is 10.5. The molecule has 42 heavy (non-hydrogen) atoms. The lowest BCUT2D eigenvalue weighted by Crippen LogP contribution is -2.45. The van der Waals surface area contributed by atoms with E-state index in [-0.39, 0.29) is 17.8 Å². The Hall–Kier alpha value is -2.78. The van der Waals surface area contributed by atoms with Crippen molar-refractivity contribution in [1.29, 1.82) is 0 Å². The fourth-order valence-electron chi connectivity index (χ4n) is 5.15. The summed E-state index contributed by atoms with van der Waals surface area (Å²) in [4.78, 5) is 33.8. The van der Waals surface area contributed by atoms with E-state index in [9.17, 15) is 9.59 Å². The Morgan fingerprint density at radius 1 is 1.24 bits per heavy atom. The molecule has 2 aliphatic rings. The van der Waals surface area contributed by atoms with Gasteiger partial charge in [-0.05, 0) is 68.5 Å². The number of anilines is 1. The highest BCUT2D eigenvalue weighted by atomic mass is 32.2. The first-order valence-electron chi connectivity index (χ1n) is 15.2. The predicted molar refractivity (Wildman–Crippen MR) is 180 cm³/mol. The molecule has 1 amide bonds. The van der Waals surface area contributed by atoms with Crippen LogP contribution in [0.4, 0.5) is 5.13 Å². The van der Waals surface area contributed by atoms with Crippen LogP contribution in [0.3, 0.4) is 0 Å². The van der Waals surface area contributed by atoms with E-state index >= 15 is 0 Å². The second kappa shape index (κ2) is 18.0. The molecule has 7 nitrogen and oxygen atoms in total. The molecule has 4 rings (SSSR count). The van der Waals surface area contributed by atoms with Crippen molar-refractivity contribution < 1.29 is 14.3 Å². The highest BCUT2D eigenvalue weighted by Gasteiger charge is 2.38. The molecule has 0 spiro atoms. The molecule has 9 heteroatoms. The van der Waals surface area contributed by atoms with E-state index < -0.39 is 6.04 Å². The maximum Gasteiger partial charge on any atom is 0.329 e. The maximum atomic E-state index is 12.7. The van der Waals surface area contributed by atoms with E-state index in [1.54, 1.807) is 23.6 Å². The molecule has 1 aromatic carbocycles. The van der Waals surface area contributed by atoms with E-state index in [1.165, 1.54) is 35.3 Å². The number of benzene rings is 1. The number of thioether (sulfide) groups is 1. The summed E-state index contributed by atoms with van der Waals surface area (Å²) >= 11 is 3.59. The van der Waals surface area contributed by atoms with Gasteiger partial charge in [-0.25, -0.2) is 9.78 Å². The van der Waals surface area contributed by atoms with Gasteiger partial charge in [-0.15, -0.1) is 11.8 Å². The minimum Gasteiger partial charge on any atom is -0.464 e. The highest BCUT2D eigenvalue weighted by Crippen LogP contribution is 2.31. The third-order valence-electron chi connectivity index (χ3n) is 7.35. The highest BCUT2D eigenvalue weighted by molar-refractivity contribution is 8.00. The largest absolute Gasteiger partial charge is 0.464 e. The summed E-state index contributed by atoms with van der Waals surface area (Å²) in [5, 5.41) is 1.21. The Labute approximate surface area is 261 Å². The van der Waals surface area contributed by atoms with Gasteiger partial charge < -0.3 is 20.3 Å². The number of esters is 1. The molecule has 1 aromatic heterocycles. The zero-order valence-corrected chi connectivity index (χ0v) is 28.2. The molecule has 3 heterocycles. The SMILES string of the molecule is C=C(N)c1cc(CC)c(C[C@H](C(=O)OCC)N2CC[C@H](C)C2=O)cc1/C=C\C.CC.CSc1cnc(N2CCCC2)s1. The number of aromatic nitrogens is 1. The minimum absolute atomic E-state index is 0.0248. The van der Waals surface area contributed by atoms with Crippen molar-refractivity contribution in [2.75, 3.05) is 37.4 Å². The topological polar surface area (TPSA) is 88.8 Å². The summed E-state index contributed by atoms with van der Waals surface area (Å²) in [5.74, 6) is -0.368. The van der Waals surface area contributed by atoms with E-state index in [1.807, 2.05) is 63.4 Å². The average Bonchev–Trinajstić information content (AvgIpc) is 3.76. The number of hydrogen-bond acceptors (Lipinski definition) is 8. The fraction of sp³-hybridized carbons (Fsp3) is 0.545. The maximum absolute atomic E-state index is 12.7. The molecule has 2 atom stereocenters. The Kier molecular flexibility index (Phi) is 15.2. The molecule has 2 aromatic rings. The third kappa shape index (κ3) is 9.36. The van der Waals surface area contributed by atoms with Crippen molar-refractivity contribution in [1.82, 2.24) is 9.88 Å². The van der Waals surface area contributed by atoms with Gasteiger partial charge in [0.15, 0.2) is 5.13 Å². The number of nitrogens with two attached hydrogens (primary N) is 1. The molecular formula is C33H50N4O3S2. The van der Waals surface area contributed by atoms with Gasteiger partial charge in [0.2, 0.25) is 5.91 Å². The number of ether oxygens (including phenoxy) is 1. The van der Waals surface area contributed by atoms with Crippen LogP contribution >= 0.6 is 23.1 Å². The Balaban J connectivity index is 0.000000363. The van der Waals surface area contributed by atoms with Gasteiger partial charge in [-0.3, -0.25) is 4.79 Å². The van der Waals surface area contributed by atoms with Crippen LogP contribution in [0.5, 0.6) is 0 Å². The molecule has 0 radical (unpaired) electrons. The van der Waals surface area contributed by atoms with E-state index in [0.717, 1.165) is 35.1 Å². The number of likely N-dealkylation sites (tertiary alicyclic amines) is 1. The van der Waals surface area contributed by atoms with Crippen molar-refractivity contribution in [3.05, 3.63) is 53.2 Å². The van der Waals surface area contributed by atoms with Crippen LogP contribution in [0.2, 0.25) is 0 Å². The second-order valence-electron chi connectivity index (χ2n) is 10.1. The summed E-state index contributed by atoms with van der Waals surface area (Å²) in [7, 11) is 0. The van der Waals surface area contributed by atoms with E-state index in [4.69, 9.17) is 10.5 Å². The minimum atomic E-state index is -0.604. The number of carbonyl (C=O) groups is 2. The molecular weight excluding hydrogens is 565 g/mol. The fourth-order valence-corrected chi connectivity index (χ4v) is 6.57. The van der Waals surface area contributed by atoms with Gasteiger partial charge in [0, 0.05) is 43.2 Å². The van der Waals surface area contributed by atoms with Crippen molar-refractivity contribution >= 4 is 51.9 Å². The molecule has 0 saturated carbocycles. The van der Waals surface area contributed by atoms with Gasteiger partial charge in [-0.1, -0.05) is 63.8 Å². The molecule has 2 saturated heterocycles. The number of allylic oxidation sites excluding steroid dienone is 1. The number of rotatable bonds is 10. The average molecular weight is 615 g/mol. The lowest BCUT2D eigenvalue weighted by Gasteiger charge is -2.27. The number of thiazole rings is 1. The smallest absolute Gasteiger partial charge is 0.329 e. The van der Waals surface area contributed by atoms with Crippen LogP contribution in [0.15, 0.2) is 35.2 Å². The van der Waals surface area contributed by atoms with E-state index in [2.05, 4.69) is 35.7 Å². The molecule has 2 aliphatic heterocycles. The number of amides is 1. The zero-order chi connectivity index (χ0) is 31.2. The Morgan fingerprint density at radius 3 is 2.43 bits per heavy atom. The second-order valence-corrected chi connectivity index (χ2v) is 12.3. The first-order chi connectivity index (χ1) is 20.2. The lowest BCUT2D eigenvalue weighted by molar-refractivity contribution is -0.153. The van der Waals surface area contributed by atoms with Gasteiger partial charge in [0.05, 0.1) is 17.0 Å². The molecule has 0 aliphatic carbocycles. The van der Waals surface area contributed by atoms with Gasteiger partial charge >= 0.3 is 5.97 Å². The number of nitrogens with zero attached hydrogens (tertiary/aromatic N) is 3. The third-order valence-corrected chi connectivity index (χ3v) is 9.46. The van der Waals surface area contributed by atoms with Crippen molar-refractivity contribution in [3.63, 3.8) is 0 Å². The van der Waals surface area contributed by atoms with Gasteiger partial charge in [0.25, 0.3) is 0 Å². The Morgan fingerprint density at radius 2 is 1.93 bits per heavy atom. The molecule has 2 N–H and O–H groups in total. The first-order valence-corrected chi connectivity index (χ1v) is 17.2. The molecule has 0 bridgehead atoms. The van der Waals surface area contributed by atoms with Crippen LogP contribution in [-0.2, 0) is 27.2 Å². The summed E-state index contributed by atoms with van der Waals surface area (Å²) < 4.78 is 6.62. The summed E-state index contributed by atoms with van der Waals surface area (Å²) in [6.45, 7) is 18.9. The van der Waals surface area contributed by atoms with Gasteiger partial charge in [-0.2, -0.15) is 0 Å². The van der Waals surface area contributed by atoms with Crippen LogP contribution < -0.4 is 10.6 Å². The number of aryl methyl sites for hydroxylation is 1. The standard InChI is InChI=1S/C23H32N2O3.C8H12N2S2.C2H6/c1-6-9-18-12-19(17(7-2)13-20(18)16(5)24)14-21(23(27)28-8-3)25-11-10-15(4)22(25)26;1-11-7-6-9-8(12-7)10-4-2-3-5-10;1-2/h6,9,12-13,15,21H,5,7-8,10-11,14,24H2,1-4H3;6H,2-5H2,1H3;1-2H3/b9-6-;;/t15-,21+;;/m0../s1. The zero-order valence-electron chi connectivity index (χ0n) is 26.6. The lowest BCUT2D eigenvalue weighted by atomic mass is 9.91. The molecule has 2 fully saturated rings. The summed E-state index contributed by atoms with van der Waals surface area (Å²) in [6.07, 6.45) is 12.7. The van der Waals surface area contributed by atoms with Crippen molar-refractivity contribution in [3.8, 4) is 0 Å². The first kappa shape index (κ1) is 35.4. The van der Waals surface area contributed by atoms with Gasteiger partial charge in [0.1, 0.15) is 6.04 Å². The normalized spacial score (nSPS) is 17.0. The van der Waals surface area contributed by atoms with Crippen LogP contribution in [0.25, 0.3) is 11.8 Å². The Bertz CT molecular complexity index is 1200. The van der Waals surface area contributed by atoms with Crippen molar-refractivity contribution in [2.45, 2.75) is 83.9 Å². The molecule has 232 valence electrons. The van der Waals surface area contributed by atoms with Crippen molar-refractivity contribution in [2.24, 2.45) is 11.7 Å². The van der Waals surface area contributed by atoms with Crippen LogP contribution in [-0.4, -0.2) is 60.3 Å². The van der Waals surface area contributed by atoms with Crippen LogP contribution in [0, 0.1) is 5.92 Å². The van der Waals surface area contributed by atoms with E-state index in [0.29, 0.717) is 25.3 Å². The molecule has 0 unspecified atom stereocenters. The predicted octanol–water partition coefficient (Wildman–Crippen LogP) is 7.05.